The normalized spacial score (nSPS) is 14.7. The summed E-state index contributed by atoms with van der Waals surface area (Å²) in [4.78, 5) is 109. The van der Waals surface area contributed by atoms with Crippen molar-refractivity contribution in [2.45, 2.75) is 95.5 Å². The number of primary amides is 2. The van der Waals surface area contributed by atoms with E-state index in [4.69, 9.17) is 27.4 Å². The first-order chi connectivity index (χ1) is 21.3. The molecule has 14 N–H and O–H groups in total. The van der Waals surface area contributed by atoms with Crippen molar-refractivity contribution in [1.82, 2.24) is 26.6 Å². The van der Waals surface area contributed by atoms with Crippen LogP contribution in [0.3, 0.4) is 0 Å². The summed E-state index contributed by atoms with van der Waals surface area (Å²) < 4.78 is 0. The number of hydrogen-bond donors (Lipinski definition) is 11. The van der Waals surface area contributed by atoms with Crippen molar-refractivity contribution in [2.75, 3.05) is 6.61 Å². The molecule has 0 fully saturated rings. The Morgan fingerprint density at radius 1 is 0.609 bits per heavy atom. The number of rotatable bonds is 22. The molecule has 0 aromatic carbocycles. The van der Waals surface area contributed by atoms with Gasteiger partial charge in [0.2, 0.25) is 41.4 Å². The Morgan fingerprint density at radius 3 is 1.57 bits per heavy atom. The lowest BCUT2D eigenvalue weighted by Gasteiger charge is -2.26. The molecule has 0 heterocycles. The minimum Gasteiger partial charge on any atom is -0.481 e. The molecule has 0 rings (SSSR count). The second kappa shape index (κ2) is 20.2. The number of carboxylic acids is 2. The molecule has 20 nitrogen and oxygen atoms in total. The number of carbonyl (C=O) groups is 9. The zero-order chi connectivity index (χ0) is 35.7. The highest BCUT2D eigenvalue weighted by atomic mass is 16.4. The van der Waals surface area contributed by atoms with Gasteiger partial charge in [0, 0.05) is 12.8 Å². The van der Waals surface area contributed by atoms with E-state index < -0.39 is 122 Å². The first kappa shape index (κ1) is 41.1. The van der Waals surface area contributed by atoms with Gasteiger partial charge in [0.05, 0.1) is 13.0 Å². The lowest BCUT2D eigenvalue weighted by Crippen LogP contribution is -2.59. The van der Waals surface area contributed by atoms with Gasteiger partial charge >= 0.3 is 11.9 Å². The molecule has 20 heteroatoms. The number of aliphatic carboxylic acids is 2. The Morgan fingerprint density at radius 2 is 1.09 bits per heavy atom. The lowest BCUT2D eigenvalue weighted by atomic mass is 10.0. The molecule has 0 aliphatic rings. The number of carbonyl (C=O) groups excluding carboxylic acids is 7. The van der Waals surface area contributed by atoms with Crippen molar-refractivity contribution in [3.05, 3.63) is 0 Å². The van der Waals surface area contributed by atoms with Crippen LogP contribution in [0.1, 0.15) is 59.3 Å². The van der Waals surface area contributed by atoms with Crippen LogP contribution in [0, 0.1) is 5.92 Å². The molecule has 0 bridgehead atoms. The van der Waals surface area contributed by atoms with Crippen molar-refractivity contribution in [1.29, 1.82) is 0 Å². The molecule has 7 amide bonds. The van der Waals surface area contributed by atoms with E-state index in [0.717, 1.165) is 6.92 Å². The van der Waals surface area contributed by atoms with Crippen molar-refractivity contribution in [2.24, 2.45) is 23.1 Å². The summed E-state index contributed by atoms with van der Waals surface area (Å²) in [6, 6.07) is -8.85. The molecule has 0 radical (unpaired) electrons. The Hall–Kier alpha value is -4.85. The standard InChI is InChI=1S/C26H44N8O12/c1-11(2)8-16(33-22(41)13(27)10-35)25(44)34-17(9-19(29)37)24(43)30-12(3)21(40)31-14(5-7-20(38)39)23(42)32-15(26(45)46)4-6-18(28)36/h11-17,35H,4-10,27H2,1-3H3,(H2,28,36)(H2,29,37)(H,30,43)(H,31,40)(H,32,42)(H,33,41)(H,34,44)(H,38,39)(H,45,46)/t12-,13-,14-,15-,16-,17-/m0/s1. The second-order valence-corrected chi connectivity index (χ2v) is 10.8. The number of aliphatic hydroxyl groups is 1. The van der Waals surface area contributed by atoms with Gasteiger partial charge in [-0.3, -0.25) is 38.4 Å². The summed E-state index contributed by atoms with van der Waals surface area (Å²) in [6.07, 6.45) is -2.54. The topological polar surface area (TPSA) is 353 Å². The maximum Gasteiger partial charge on any atom is 0.326 e. The minimum absolute atomic E-state index is 0.0739. The van der Waals surface area contributed by atoms with Crippen molar-refractivity contribution >= 4 is 53.3 Å². The van der Waals surface area contributed by atoms with E-state index in [1.54, 1.807) is 13.8 Å². The summed E-state index contributed by atoms with van der Waals surface area (Å²) in [5, 5.41) is 38.7. The Kier molecular flexibility index (Phi) is 18.1. The number of aliphatic hydroxyl groups excluding tert-OH is 1. The molecule has 0 aromatic heterocycles. The van der Waals surface area contributed by atoms with Gasteiger partial charge in [-0.15, -0.1) is 0 Å². The van der Waals surface area contributed by atoms with E-state index in [-0.39, 0.29) is 18.8 Å². The van der Waals surface area contributed by atoms with Gasteiger partial charge in [-0.05, 0) is 32.1 Å². The highest BCUT2D eigenvalue weighted by molar-refractivity contribution is 5.97. The highest BCUT2D eigenvalue weighted by Crippen LogP contribution is 2.07. The molecule has 0 spiro atoms. The van der Waals surface area contributed by atoms with Gasteiger partial charge in [0.25, 0.3) is 0 Å². The minimum atomic E-state index is -1.63. The van der Waals surface area contributed by atoms with Gasteiger partial charge in [-0.2, -0.15) is 0 Å². The zero-order valence-electron chi connectivity index (χ0n) is 25.7. The smallest absolute Gasteiger partial charge is 0.326 e. The van der Waals surface area contributed by atoms with E-state index in [2.05, 4.69) is 26.6 Å². The van der Waals surface area contributed by atoms with Crippen LogP contribution in [0.5, 0.6) is 0 Å². The molecule has 0 saturated heterocycles. The maximum atomic E-state index is 13.0. The largest absolute Gasteiger partial charge is 0.481 e. The average molecular weight is 661 g/mol. The molecule has 0 saturated carbocycles. The predicted molar refractivity (Wildman–Crippen MR) is 157 cm³/mol. The Balaban J connectivity index is 5.78. The summed E-state index contributed by atoms with van der Waals surface area (Å²) in [6.45, 7) is 3.93. The quantitative estimate of drug-likeness (QED) is 0.0518. The first-order valence-electron chi connectivity index (χ1n) is 14.2. The number of hydrogen-bond acceptors (Lipinski definition) is 11. The van der Waals surface area contributed by atoms with E-state index in [0.29, 0.717) is 0 Å². The highest BCUT2D eigenvalue weighted by Gasteiger charge is 2.32. The monoisotopic (exact) mass is 660 g/mol. The second-order valence-electron chi connectivity index (χ2n) is 10.8. The predicted octanol–water partition coefficient (Wildman–Crippen LogP) is -5.11. The maximum absolute atomic E-state index is 13.0. The van der Waals surface area contributed by atoms with E-state index >= 15 is 0 Å². The third kappa shape index (κ3) is 16.3. The van der Waals surface area contributed by atoms with Crippen molar-refractivity contribution < 1.29 is 58.5 Å². The Bertz CT molecular complexity index is 1150. The van der Waals surface area contributed by atoms with E-state index in [1.807, 2.05) is 0 Å². The molecule has 260 valence electrons. The molecule has 0 aliphatic carbocycles. The van der Waals surface area contributed by atoms with Crippen LogP contribution in [0.15, 0.2) is 0 Å². The van der Waals surface area contributed by atoms with E-state index in [9.17, 15) is 48.3 Å². The SMILES string of the molecule is CC(C)C[C@H](NC(=O)[C@@H](N)CO)C(=O)N[C@@H](CC(N)=O)C(=O)N[C@@H](C)C(=O)N[C@@H](CCC(=O)O)C(=O)N[C@@H](CCC(N)=O)C(=O)O. The molecule has 46 heavy (non-hydrogen) atoms. The molecule has 0 aliphatic heterocycles. The fraction of sp³-hybridized carbons (Fsp3) is 0.654. The summed E-state index contributed by atoms with van der Waals surface area (Å²) in [5.41, 5.74) is 15.7. The van der Waals surface area contributed by atoms with Gasteiger partial charge in [0.1, 0.15) is 36.3 Å². The summed E-state index contributed by atoms with van der Waals surface area (Å²) in [7, 11) is 0. The number of amides is 7. The molecule has 0 unspecified atom stereocenters. The van der Waals surface area contributed by atoms with Crippen LogP contribution in [0.4, 0.5) is 0 Å². The average Bonchev–Trinajstić information content (AvgIpc) is 2.94. The van der Waals surface area contributed by atoms with Gasteiger partial charge < -0.3 is 59.1 Å². The van der Waals surface area contributed by atoms with Crippen LogP contribution < -0.4 is 43.8 Å². The van der Waals surface area contributed by atoms with Crippen LogP contribution >= 0.6 is 0 Å². The zero-order valence-corrected chi connectivity index (χ0v) is 25.7. The molecule has 0 aromatic rings. The van der Waals surface area contributed by atoms with Crippen LogP contribution in [0.2, 0.25) is 0 Å². The number of nitrogens with one attached hydrogen (secondary N) is 5. The third-order valence-electron chi connectivity index (χ3n) is 6.24. The van der Waals surface area contributed by atoms with Crippen molar-refractivity contribution in [3.63, 3.8) is 0 Å². The van der Waals surface area contributed by atoms with Gasteiger partial charge in [-0.1, -0.05) is 13.8 Å². The van der Waals surface area contributed by atoms with Crippen molar-refractivity contribution in [3.8, 4) is 0 Å². The lowest BCUT2D eigenvalue weighted by molar-refractivity contribution is -0.143. The molecule has 6 atom stereocenters. The molecular weight excluding hydrogens is 616 g/mol. The number of nitrogens with two attached hydrogens (primary N) is 3. The van der Waals surface area contributed by atoms with Gasteiger partial charge in [0.15, 0.2) is 0 Å². The fourth-order valence-corrected chi connectivity index (χ4v) is 3.78. The summed E-state index contributed by atoms with van der Waals surface area (Å²) in [5.74, 6) is -9.81. The Labute approximate surface area is 263 Å². The fourth-order valence-electron chi connectivity index (χ4n) is 3.78. The number of carboxylic acid groups (broad SMARTS) is 2. The third-order valence-corrected chi connectivity index (χ3v) is 6.24. The first-order valence-corrected chi connectivity index (χ1v) is 14.2. The van der Waals surface area contributed by atoms with E-state index in [1.165, 1.54) is 0 Å². The van der Waals surface area contributed by atoms with Gasteiger partial charge in [-0.25, -0.2) is 4.79 Å². The van der Waals surface area contributed by atoms with Crippen LogP contribution in [0.25, 0.3) is 0 Å². The van der Waals surface area contributed by atoms with Crippen LogP contribution in [-0.2, 0) is 43.2 Å². The van der Waals surface area contributed by atoms with Crippen LogP contribution in [-0.4, -0.2) is 111 Å². The molecular formula is C26H44N8O12. The summed E-state index contributed by atoms with van der Waals surface area (Å²) >= 11 is 0.